The van der Waals surface area contributed by atoms with Gasteiger partial charge < -0.3 is 9.72 Å². The number of hydrogen-bond donors (Lipinski definition) is 1. The zero-order valence-electron chi connectivity index (χ0n) is 17.7. The van der Waals surface area contributed by atoms with E-state index in [4.69, 9.17) is 9.72 Å². The summed E-state index contributed by atoms with van der Waals surface area (Å²) in [6.07, 6.45) is 18.0. The van der Waals surface area contributed by atoms with Crippen LogP contribution in [0.1, 0.15) is 92.6 Å². The molecule has 7 rings (SSSR count). The minimum atomic E-state index is -0.241. The predicted octanol–water partition coefficient (Wildman–Crippen LogP) is 5.42. The number of nitrogens with one attached hydrogen (secondary N) is 1. The number of carbonyl (C=O) groups excluding carboxylic acids is 1. The number of fused-ring (bicyclic) bond motifs is 2. The third-order valence-corrected chi connectivity index (χ3v) is 8.97. The normalized spacial score (nSPS) is 41.4. The molecule has 6 aliphatic carbocycles. The Morgan fingerprint density at radius 1 is 1.10 bits per heavy atom. The maximum absolute atomic E-state index is 12.7. The highest BCUT2D eigenvalue weighted by atomic mass is 16.5. The molecule has 4 nitrogen and oxygen atoms in total. The number of esters is 1. The molecule has 0 saturated heterocycles. The Morgan fingerprint density at radius 2 is 1.83 bits per heavy atom. The molecule has 29 heavy (non-hydrogen) atoms. The van der Waals surface area contributed by atoms with Gasteiger partial charge in [0.25, 0.3) is 0 Å². The Morgan fingerprint density at radius 3 is 2.41 bits per heavy atom. The number of rotatable bonds is 6. The average Bonchev–Trinajstić information content (AvgIpc) is 3.41. The molecule has 1 aromatic rings. The maximum atomic E-state index is 12.7. The molecular formula is C25H34N2O2. The van der Waals surface area contributed by atoms with Crippen molar-refractivity contribution >= 4 is 5.97 Å². The molecule has 156 valence electrons. The molecule has 3 unspecified atom stereocenters. The minimum absolute atomic E-state index is 0.241. The summed E-state index contributed by atoms with van der Waals surface area (Å²) in [6.45, 7) is 2.29. The number of allylic oxidation sites excluding steroid dienone is 2. The maximum Gasteiger partial charge on any atom is 0.358 e. The van der Waals surface area contributed by atoms with Crippen LogP contribution >= 0.6 is 0 Å². The number of hydrogen-bond acceptors (Lipinski definition) is 3. The quantitative estimate of drug-likeness (QED) is 0.518. The van der Waals surface area contributed by atoms with E-state index in [1.807, 2.05) is 6.92 Å². The molecule has 0 aliphatic heterocycles. The van der Waals surface area contributed by atoms with Crippen LogP contribution in [0.5, 0.6) is 0 Å². The van der Waals surface area contributed by atoms with Crippen LogP contribution in [-0.2, 0) is 11.2 Å². The predicted molar refractivity (Wildman–Crippen MR) is 112 cm³/mol. The summed E-state index contributed by atoms with van der Waals surface area (Å²) in [5.41, 5.74) is 2.14. The van der Waals surface area contributed by atoms with Gasteiger partial charge in [0.1, 0.15) is 5.82 Å². The largest absolute Gasteiger partial charge is 0.461 e. The number of aromatic nitrogens is 2. The number of imidazole rings is 1. The van der Waals surface area contributed by atoms with Gasteiger partial charge in [-0.2, -0.15) is 0 Å². The third-order valence-electron chi connectivity index (χ3n) is 8.97. The van der Waals surface area contributed by atoms with Gasteiger partial charge in [0, 0.05) is 11.6 Å². The summed E-state index contributed by atoms with van der Waals surface area (Å²) in [6, 6.07) is 0. The third kappa shape index (κ3) is 3.09. The van der Waals surface area contributed by atoms with E-state index in [1.54, 1.807) is 0 Å². The van der Waals surface area contributed by atoms with E-state index >= 15 is 0 Å². The van der Waals surface area contributed by atoms with Gasteiger partial charge in [0.2, 0.25) is 0 Å². The van der Waals surface area contributed by atoms with E-state index in [0.29, 0.717) is 35.5 Å². The molecule has 0 amide bonds. The van der Waals surface area contributed by atoms with Gasteiger partial charge in [0.15, 0.2) is 5.69 Å². The van der Waals surface area contributed by atoms with Gasteiger partial charge in [-0.1, -0.05) is 12.2 Å². The molecule has 3 atom stereocenters. The average molecular weight is 395 g/mol. The Balaban J connectivity index is 1.24. The molecule has 0 spiro atoms. The van der Waals surface area contributed by atoms with Crippen LogP contribution in [0.4, 0.5) is 0 Å². The van der Waals surface area contributed by atoms with Gasteiger partial charge in [-0.25, -0.2) is 9.78 Å². The first kappa shape index (κ1) is 18.2. The summed E-state index contributed by atoms with van der Waals surface area (Å²) in [5.74, 6) is 5.47. The molecule has 0 aromatic carbocycles. The van der Waals surface area contributed by atoms with Gasteiger partial charge in [-0.15, -0.1) is 0 Å². The van der Waals surface area contributed by atoms with E-state index < -0.39 is 0 Å². The van der Waals surface area contributed by atoms with Crippen molar-refractivity contribution in [3.63, 3.8) is 0 Å². The lowest BCUT2D eigenvalue weighted by Crippen LogP contribution is -2.46. The first-order chi connectivity index (χ1) is 14.1. The fourth-order valence-corrected chi connectivity index (χ4v) is 8.24. The van der Waals surface area contributed by atoms with Crippen molar-refractivity contribution in [2.24, 2.45) is 35.0 Å². The first-order valence-electron chi connectivity index (χ1n) is 12.0. The van der Waals surface area contributed by atoms with Crippen LogP contribution in [-0.4, -0.2) is 22.5 Å². The van der Waals surface area contributed by atoms with Crippen molar-refractivity contribution in [3.8, 4) is 0 Å². The number of ether oxygens (including phenoxy) is 1. The molecule has 6 bridgehead atoms. The van der Waals surface area contributed by atoms with Crippen LogP contribution in [0, 0.1) is 35.0 Å². The van der Waals surface area contributed by atoms with Gasteiger partial charge in [0.05, 0.1) is 6.61 Å². The molecule has 5 saturated carbocycles. The van der Waals surface area contributed by atoms with Crippen molar-refractivity contribution < 1.29 is 9.53 Å². The van der Waals surface area contributed by atoms with Crippen molar-refractivity contribution in [2.45, 2.75) is 77.0 Å². The Bertz CT molecular complexity index is 803. The second-order valence-electron chi connectivity index (χ2n) is 11.0. The van der Waals surface area contributed by atoms with E-state index in [2.05, 4.69) is 17.1 Å². The number of nitrogens with zero attached hydrogens (tertiary/aromatic N) is 1. The highest BCUT2D eigenvalue weighted by Gasteiger charge is 2.50. The lowest BCUT2D eigenvalue weighted by atomic mass is 9.48. The Hall–Kier alpha value is -1.58. The van der Waals surface area contributed by atoms with Crippen LogP contribution in [0.15, 0.2) is 12.2 Å². The minimum Gasteiger partial charge on any atom is -0.461 e. The number of carbonyl (C=O) groups is 1. The molecule has 0 radical (unpaired) electrons. The molecule has 6 aliphatic rings. The molecule has 1 N–H and O–H groups in total. The monoisotopic (exact) mass is 394 g/mol. The molecular weight excluding hydrogens is 360 g/mol. The van der Waals surface area contributed by atoms with Gasteiger partial charge >= 0.3 is 5.97 Å². The molecule has 1 heterocycles. The van der Waals surface area contributed by atoms with Crippen LogP contribution in [0.25, 0.3) is 0 Å². The molecule has 4 heteroatoms. The smallest absolute Gasteiger partial charge is 0.358 e. The second kappa shape index (κ2) is 6.72. The number of aryl methyl sites for hydroxylation is 1. The Kier molecular flexibility index (Phi) is 4.22. The van der Waals surface area contributed by atoms with E-state index in [0.717, 1.165) is 35.7 Å². The molecule has 5 fully saturated rings. The van der Waals surface area contributed by atoms with E-state index in [-0.39, 0.29) is 5.97 Å². The summed E-state index contributed by atoms with van der Waals surface area (Å²) < 4.78 is 5.37. The topological polar surface area (TPSA) is 55.0 Å². The van der Waals surface area contributed by atoms with E-state index in [9.17, 15) is 4.79 Å². The molecule has 1 aromatic heterocycles. The zero-order chi connectivity index (χ0) is 19.6. The first-order valence-corrected chi connectivity index (χ1v) is 12.0. The van der Waals surface area contributed by atoms with Gasteiger partial charge in [-0.3, -0.25) is 0 Å². The lowest BCUT2D eigenvalue weighted by Gasteiger charge is -2.57. The highest BCUT2D eigenvalue weighted by Crippen LogP contribution is 2.61. The lowest BCUT2D eigenvalue weighted by molar-refractivity contribution is -0.0571. The standard InChI is InChI=1S/C25H34N2O2/c1-2-29-24(28)22-21(26-23(27-22)20-11-15-3-4-19(20)10-15)5-6-25-12-16-7-17(13-25)9-18(8-16)14-25/h3-4,15-20H,2,5-14H2,1H3,(H,26,27). The summed E-state index contributed by atoms with van der Waals surface area (Å²) in [4.78, 5) is 21.1. The van der Waals surface area contributed by atoms with Gasteiger partial charge in [-0.05, 0) is 106 Å². The fourth-order valence-electron chi connectivity index (χ4n) is 8.24. The Labute approximate surface area is 173 Å². The summed E-state index contributed by atoms with van der Waals surface area (Å²) in [5, 5.41) is 0. The summed E-state index contributed by atoms with van der Waals surface area (Å²) in [7, 11) is 0. The van der Waals surface area contributed by atoms with Crippen LogP contribution in [0.3, 0.4) is 0 Å². The van der Waals surface area contributed by atoms with Crippen molar-refractivity contribution in [2.75, 3.05) is 6.61 Å². The fraction of sp³-hybridized carbons (Fsp3) is 0.760. The highest BCUT2D eigenvalue weighted by molar-refractivity contribution is 5.88. The van der Waals surface area contributed by atoms with Crippen LogP contribution < -0.4 is 0 Å². The van der Waals surface area contributed by atoms with Crippen LogP contribution in [0.2, 0.25) is 0 Å². The second-order valence-corrected chi connectivity index (χ2v) is 11.0. The summed E-state index contributed by atoms with van der Waals surface area (Å²) >= 11 is 0. The van der Waals surface area contributed by atoms with E-state index in [1.165, 1.54) is 57.8 Å². The number of H-pyrrole nitrogens is 1. The van der Waals surface area contributed by atoms with Crippen molar-refractivity contribution in [1.29, 1.82) is 0 Å². The van der Waals surface area contributed by atoms with Crippen molar-refractivity contribution in [1.82, 2.24) is 9.97 Å². The zero-order valence-corrected chi connectivity index (χ0v) is 17.7. The van der Waals surface area contributed by atoms with Crippen molar-refractivity contribution in [3.05, 3.63) is 29.4 Å². The number of aromatic amines is 1. The SMILES string of the molecule is CCOC(=O)c1nc(C2CC3C=CC2C3)[nH]c1CCC12CC3CC(CC(C3)C1)C2.